The molecule has 0 fully saturated rings. The first-order valence-electron chi connectivity index (χ1n) is 6.88. The molecule has 0 bridgehead atoms. The normalized spacial score (nSPS) is 17.6. The van der Waals surface area contributed by atoms with Crippen LogP contribution < -0.4 is 4.72 Å². The molecular weight excluding hydrogens is 288 g/mol. The van der Waals surface area contributed by atoms with Gasteiger partial charge in [0.15, 0.2) is 0 Å². The van der Waals surface area contributed by atoms with E-state index in [-0.39, 0.29) is 11.4 Å². The largest absolute Gasteiger partial charge is 0.399 e. The summed E-state index contributed by atoms with van der Waals surface area (Å²) in [6.07, 6.45) is 4.77. The van der Waals surface area contributed by atoms with E-state index in [1.165, 1.54) is 7.11 Å². The molecule has 0 amide bonds. The summed E-state index contributed by atoms with van der Waals surface area (Å²) < 4.78 is 27.1. The molecule has 21 heavy (non-hydrogen) atoms. The number of nitrogens with one attached hydrogen (secondary N) is 1. The smallest absolute Gasteiger partial charge is 0.240 e. The van der Waals surface area contributed by atoms with Gasteiger partial charge in [-0.1, -0.05) is 28.9 Å². The molecule has 114 valence electrons. The van der Waals surface area contributed by atoms with Crippen LogP contribution in [0.2, 0.25) is 0 Å². The lowest BCUT2D eigenvalue weighted by atomic mass is 9.98. The average molecular weight is 308 g/mol. The standard InChI is InChI=1S/C15H20N2O3S/c1-12-7-9-14(10-8-12)21(18,19)16-11-13-5-3-4-6-15(13)17-20-2/h5,7-10,16H,3-4,6,11H2,1-2H3/b17-15-. The molecule has 2 rings (SSSR count). The molecule has 0 saturated heterocycles. The van der Waals surface area contributed by atoms with Crippen molar-refractivity contribution < 1.29 is 13.3 Å². The fourth-order valence-corrected chi connectivity index (χ4v) is 3.19. The Morgan fingerprint density at radius 3 is 2.67 bits per heavy atom. The molecule has 1 aliphatic carbocycles. The lowest BCUT2D eigenvalue weighted by Gasteiger charge is -2.15. The number of aryl methyl sites for hydroxylation is 1. The Morgan fingerprint density at radius 1 is 1.29 bits per heavy atom. The molecule has 1 aliphatic rings. The van der Waals surface area contributed by atoms with Crippen LogP contribution in [0.15, 0.2) is 46.0 Å². The van der Waals surface area contributed by atoms with Crippen molar-refractivity contribution >= 4 is 15.7 Å². The SMILES string of the molecule is CO/N=C1/CCCC=C1CNS(=O)(=O)c1ccc(C)cc1. The van der Waals surface area contributed by atoms with E-state index >= 15 is 0 Å². The average Bonchev–Trinajstić information content (AvgIpc) is 2.47. The molecule has 0 aliphatic heterocycles. The predicted molar refractivity (Wildman–Crippen MR) is 82.7 cm³/mol. The molecule has 0 spiro atoms. The highest BCUT2D eigenvalue weighted by Gasteiger charge is 2.17. The molecular formula is C15H20N2O3S. The third-order valence-electron chi connectivity index (χ3n) is 3.36. The zero-order chi connectivity index (χ0) is 15.3. The summed E-state index contributed by atoms with van der Waals surface area (Å²) in [5.41, 5.74) is 2.73. The van der Waals surface area contributed by atoms with Crippen LogP contribution in [0.4, 0.5) is 0 Å². The first-order chi connectivity index (χ1) is 10.0. The van der Waals surface area contributed by atoms with Gasteiger partial charge in [-0.2, -0.15) is 0 Å². The topological polar surface area (TPSA) is 67.8 Å². The van der Waals surface area contributed by atoms with Crippen molar-refractivity contribution in [1.29, 1.82) is 0 Å². The number of sulfonamides is 1. The lowest BCUT2D eigenvalue weighted by Crippen LogP contribution is -2.29. The maximum absolute atomic E-state index is 12.2. The Labute approximate surface area is 125 Å². The molecule has 1 N–H and O–H groups in total. The third kappa shape index (κ3) is 4.15. The number of oxime groups is 1. The van der Waals surface area contributed by atoms with Gasteiger partial charge in [0.1, 0.15) is 7.11 Å². The van der Waals surface area contributed by atoms with Crippen molar-refractivity contribution in [3.8, 4) is 0 Å². The van der Waals surface area contributed by atoms with Crippen molar-refractivity contribution in [2.45, 2.75) is 31.1 Å². The fourth-order valence-electron chi connectivity index (χ4n) is 2.19. The van der Waals surface area contributed by atoms with Gasteiger partial charge in [-0.05, 0) is 43.9 Å². The molecule has 1 aromatic rings. The molecule has 6 heteroatoms. The van der Waals surface area contributed by atoms with E-state index in [0.29, 0.717) is 0 Å². The first kappa shape index (κ1) is 15.7. The molecule has 0 atom stereocenters. The highest BCUT2D eigenvalue weighted by molar-refractivity contribution is 7.89. The number of hydrogen-bond donors (Lipinski definition) is 1. The minimum atomic E-state index is -3.50. The minimum absolute atomic E-state index is 0.235. The monoisotopic (exact) mass is 308 g/mol. The van der Waals surface area contributed by atoms with Crippen LogP contribution in [-0.4, -0.2) is 27.8 Å². The third-order valence-corrected chi connectivity index (χ3v) is 4.78. The number of allylic oxidation sites excluding steroid dienone is 1. The molecule has 5 nitrogen and oxygen atoms in total. The van der Waals surface area contributed by atoms with Crippen molar-refractivity contribution in [1.82, 2.24) is 4.72 Å². The summed E-state index contributed by atoms with van der Waals surface area (Å²) in [6.45, 7) is 2.16. The van der Waals surface area contributed by atoms with E-state index in [9.17, 15) is 8.42 Å². The maximum atomic E-state index is 12.2. The van der Waals surface area contributed by atoms with Gasteiger partial charge in [0.05, 0.1) is 10.6 Å². The zero-order valence-corrected chi connectivity index (χ0v) is 13.1. The quantitative estimate of drug-likeness (QED) is 0.849. The van der Waals surface area contributed by atoms with Crippen molar-refractivity contribution in [2.75, 3.05) is 13.7 Å². The van der Waals surface area contributed by atoms with E-state index in [2.05, 4.69) is 9.88 Å². The Hall–Kier alpha value is -1.66. The van der Waals surface area contributed by atoms with E-state index in [1.807, 2.05) is 13.0 Å². The van der Waals surface area contributed by atoms with Crippen LogP contribution in [0.3, 0.4) is 0 Å². The Kier molecular flexibility index (Phi) is 5.14. The van der Waals surface area contributed by atoms with Crippen LogP contribution in [-0.2, 0) is 14.9 Å². The highest BCUT2D eigenvalue weighted by atomic mass is 32.2. The summed E-state index contributed by atoms with van der Waals surface area (Å²) in [6, 6.07) is 6.78. The van der Waals surface area contributed by atoms with Gasteiger partial charge >= 0.3 is 0 Å². The summed E-state index contributed by atoms with van der Waals surface area (Å²) >= 11 is 0. The summed E-state index contributed by atoms with van der Waals surface area (Å²) in [7, 11) is -2.01. The van der Waals surface area contributed by atoms with Gasteiger partial charge in [0.25, 0.3) is 0 Å². The number of rotatable bonds is 5. The van der Waals surface area contributed by atoms with E-state index in [1.54, 1.807) is 24.3 Å². The first-order valence-corrected chi connectivity index (χ1v) is 8.37. The Balaban J connectivity index is 2.09. The molecule has 0 radical (unpaired) electrons. The Morgan fingerprint density at radius 2 is 2.00 bits per heavy atom. The molecule has 0 aromatic heterocycles. The minimum Gasteiger partial charge on any atom is -0.399 e. The van der Waals surface area contributed by atoms with Gasteiger partial charge < -0.3 is 4.84 Å². The van der Waals surface area contributed by atoms with Crippen LogP contribution in [0.5, 0.6) is 0 Å². The number of benzene rings is 1. The van der Waals surface area contributed by atoms with Crippen molar-refractivity contribution in [3.05, 3.63) is 41.5 Å². The number of nitrogens with zero attached hydrogens (tertiary/aromatic N) is 1. The molecule has 0 saturated carbocycles. The second kappa shape index (κ2) is 6.87. The predicted octanol–water partition coefficient (Wildman–Crippen LogP) is 2.39. The van der Waals surface area contributed by atoms with E-state index in [0.717, 1.165) is 36.1 Å². The fraction of sp³-hybridized carbons (Fsp3) is 0.400. The summed E-state index contributed by atoms with van der Waals surface area (Å²) in [4.78, 5) is 5.08. The summed E-state index contributed by atoms with van der Waals surface area (Å²) in [5, 5.41) is 3.96. The van der Waals surface area contributed by atoms with Crippen molar-refractivity contribution in [2.24, 2.45) is 5.16 Å². The molecule has 0 heterocycles. The number of hydrogen-bond acceptors (Lipinski definition) is 4. The maximum Gasteiger partial charge on any atom is 0.240 e. The lowest BCUT2D eigenvalue weighted by molar-refractivity contribution is 0.212. The second-order valence-corrected chi connectivity index (χ2v) is 6.75. The van der Waals surface area contributed by atoms with Gasteiger partial charge in [0, 0.05) is 6.54 Å². The van der Waals surface area contributed by atoms with Crippen LogP contribution >= 0.6 is 0 Å². The van der Waals surface area contributed by atoms with Gasteiger partial charge in [0.2, 0.25) is 10.0 Å². The zero-order valence-electron chi connectivity index (χ0n) is 12.3. The van der Waals surface area contributed by atoms with Crippen molar-refractivity contribution in [3.63, 3.8) is 0 Å². The highest BCUT2D eigenvalue weighted by Crippen LogP contribution is 2.16. The van der Waals surface area contributed by atoms with Crippen LogP contribution in [0.1, 0.15) is 24.8 Å². The molecule has 0 unspecified atom stereocenters. The molecule has 1 aromatic carbocycles. The van der Waals surface area contributed by atoms with Crippen LogP contribution in [0, 0.1) is 6.92 Å². The van der Waals surface area contributed by atoms with Gasteiger partial charge in [-0.25, -0.2) is 13.1 Å². The second-order valence-electron chi connectivity index (χ2n) is 4.98. The Bertz CT molecular complexity index is 646. The summed E-state index contributed by atoms with van der Waals surface area (Å²) in [5.74, 6) is 0. The van der Waals surface area contributed by atoms with E-state index in [4.69, 9.17) is 4.84 Å². The van der Waals surface area contributed by atoms with Gasteiger partial charge in [-0.3, -0.25) is 0 Å². The van der Waals surface area contributed by atoms with Crippen LogP contribution in [0.25, 0.3) is 0 Å². The van der Waals surface area contributed by atoms with Gasteiger partial charge in [-0.15, -0.1) is 0 Å². The van der Waals surface area contributed by atoms with E-state index < -0.39 is 10.0 Å².